The molecule has 1 atom stereocenters. The predicted octanol–water partition coefficient (Wildman–Crippen LogP) is 5.79. The second kappa shape index (κ2) is 11.1. The maximum atomic E-state index is 13.5. The smallest absolute Gasteiger partial charge is 0.300 e. The number of benzene rings is 3. The molecule has 1 aliphatic rings. The van der Waals surface area contributed by atoms with E-state index in [1.165, 1.54) is 24.1 Å². The highest BCUT2D eigenvalue weighted by Gasteiger charge is 2.48. The molecule has 0 aliphatic carbocycles. The number of hydrogen-bond acceptors (Lipinski definition) is 7. The molecule has 1 aliphatic heterocycles. The summed E-state index contributed by atoms with van der Waals surface area (Å²) in [5.41, 5.74) is 1.27. The number of carbonyl (C=O) groups excluding carboxylic acids is 2. The molecule has 0 bridgehead atoms. The molecule has 1 fully saturated rings. The summed E-state index contributed by atoms with van der Waals surface area (Å²) in [6, 6.07) is 13.3. The predicted molar refractivity (Wildman–Crippen MR) is 144 cm³/mol. The van der Waals surface area contributed by atoms with Crippen molar-refractivity contribution in [2.24, 2.45) is 0 Å². The van der Waals surface area contributed by atoms with Crippen LogP contribution in [0.1, 0.15) is 36.6 Å². The van der Waals surface area contributed by atoms with Crippen molar-refractivity contribution in [3.63, 3.8) is 0 Å². The van der Waals surface area contributed by atoms with Crippen LogP contribution in [0.2, 0.25) is 5.02 Å². The standard InChI is InChI=1S/C29H28ClNO7/c1-5-37-18-9-10-20(30)19(15-18)27(33)25-26(17-8-12-23(36-4)24(14-17)38-6-2)31(29(35)28(25)34)21-13-16(3)7-11-22(21)32/h7-15,26,32-33H,5-6H2,1-4H3/b27-25+. The maximum absolute atomic E-state index is 13.5. The molecule has 3 aromatic rings. The van der Waals surface area contributed by atoms with Crippen molar-refractivity contribution in [3.8, 4) is 23.0 Å². The van der Waals surface area contributed by atoms with E-state index in [0.717, 1.165) is 5.56 Å². The first-order valence-corrected chi connectivity index (χ1v) is 12.4. The van der Waals surface area contributed by atoms with E-state index in [1.807, 2.05) is 13.8 Å². The number of ether oxygens (including phenoxy) is 3. The number of ketones is 1. The van der Waals surface area contributed by atoms with Gasteiger partial charge in [-0.3, -0.25) is 14.5 Å². The van der Waals surface area contributed by atoms with Gasteiger partial charge in [0.05, 0.1) is 42.6 Å². The fourth-order valence-corrected chi connectivity index (χ4v) is 4.65. The van der Waals surface area contributed by atoms with Crippen molar-refractivity contribution in [3.05, 3.63) is 81.9 Å². The van der Waals surface area contributed by atoms with Gasteiger partial charge in [0.15, 0.2) is 11.5 Å². The van der Waals surface area contributed by atoms with Crippen LogP contribution in [0.15, 0.2) is 60.2 Å². The topological polar surface area (TPSA) is 106 Å². The van der Waals surface area contributed by atoms with Gasteiger partial charge in [-0.1, -0.05) is 23.7 Å². The molecular formula is C29H28ClNO7. The normalized spacial score (nSPS) is 16.6. The zero-order valence-corrected chi connectivity index (χ0v) is 22.2. The zero-order chi connectivity index (χ0) is 27.6. The summed E-state index contributed by atoms with van der Waals surface area (Å²) in [7, 11) is 1.50. The molecular weight excluding hydrogens is 510 g/mol. The van der Waals surface area contributed by atoms with Crippen LogP contribution in [0, 0.1) is 6.92 Å². The number of aliphatic hydroxyl groups excluding tert-OH is 1. The van der Waals surface area contributed by atoms with E-state index in [0.29, 0.717) is 36.0 Å². The number of rotatable bonds is 8. The summed E-state index contributed by atoms with van der Waals surface area (Å²) in [6.45, 7) is 6.15. The molecule has 0 aromatic heterocycles. The summed E-state index contributed by atoms with van der Waals surface area (Å²) in [5, 5.41) is 22.4. The summed E-state index contributed by atoms with van der Waals surface area (Å²) < 4.78 is 16.7. The summed E-state index contributed by atoms with van der Waals surface area (Å²) in [4.78, 5) is 28.2. The monoisotopic (exact) mass is 537 g/mol. The molecule has 1 heterocycles. The number of phenolic OH excluding ortho intramolecular Hbond substituents is 1. The van der Waals surface area contributed by atoms with Crippen molar-refractivity contribution in [1.82, 2.24) is 0 Å². The van der Waals surface area contributed by atoms with Crippen LogP contribution >= 0.6 is 11.6 Å². The first-order chi connectivity index (χ1) is 18.2. The Labute approximate surface area is 225 Å². The second-order valence-electron chi connectivity index (χ2n) is 8.58. The van der Waals surface area contributed by atoms with E-state index in [4.69, 9.17) is 25.8 Å². The molecule has 1 saturated heterocycles. The van der Waals surface area contributed by atoms with Gasteiger partial charge in [-0.2, -0.15) is 0 Å². The molecule has 3 aromatic carbocycles. The molecule has 9 heteroatoms. The lowest BCUT2D eigenvalue weighted by atomic mass is 9.94. The average molecular weight is 538 g/mol. The molecule has 0 spiro atoms. The lowest BCUT2D eigenvalue weighted by Gasteiger charge is -2.27. The number of aliphatic hydroxyl groups is 1. The van der Waals surface area contributed by atoms with Gasteiger partial charge in [0, 0.05) is 5.56 Å². The van der Waals surface area contributed by atoms with Crippen molar-refractivity contribution in [1.29, 1.82) is 0 Å². The van der Waals surface area contributed by atoms with Crippen molar-refractivity contribution < 1.29 is 34.0 Å². The molecule has 38 heavy (non-hydrogen) atoms. The lowest BCUT2D eigenvalue weighted by Crippen LogP contribution is -2.29. The van der Waals surface area contributed by atoms with E-state index < -0.39 is 23.5 Å². The molecule has 8 nitrogen and oxygen atoms in total. The first-order valence-electron chi connectivity index (χ1n) is 12.1. The van der Waals surface area contributed by atoms with Crippen LogP contribution in [-0.2, 0) is 9.59 Å². The highest BCUT2D eigenvalue weighted by atomic mass is 35.5. The van der Waals surface area contributed by atoms with E-state index in [1.54, 1.807) is 49.4 Å². The first kappa shape index (κ1) is 26.9. The van der Waals surface area contributed by atoms with E-state index in [2.05, 4.69) is 0 Å². The highest BCUT2D eigenvalue weighted by Crippen LogP contribution is 2.47. The number of aromatic hydroxyl groups is 1. The average Bonchev–Trinajstić information content (AvgIpc) is 3.16. The molecule has 1 amide bonds. The van der Waals surface area contributed by atoms with Crippen molar-refractivity contribution in [2.75, 3.05) is 25.2 Å². The maximum Gasteiger partial charge on any atom is 0.300 e. The molecule has 1 unspecified atom stereocenters. The fourth-order valence-electron chi connectivity index (χ4n) is 4.44. The van der Waals surface area contributed by atoms with Crippen LogP contribution in [-0.4, -0.2) is 42.2 Å². The molecule has 0 saturated carbocycles. The quantitative estimate of drug-likeness (QED) is 0.213. The fraction of sp³-hybridized carbons (Fsp3) is 0.241. The Bertz CT molecular complexity index is 1430. The number of aryl methyl sites for hydroxylation is 1. The minimum absolute atomic E-state index is 0.124. The van der Waals surface area contributed by atoms with Gasteiger partial charge >= 0.3 is 0 Å². The minimum atomic E-state index is -1.11. The van der Waals surface area contributed by atoms with Crippen LogP contribution < -0.4 is 19.1 Å². The summed E-state index contributed by atoms with van der Waals surface area (Å²) >= 11 is 6.42. The SMILES string of the molecule is CCOc1ccc(Cl)c(/C(O)=C2\C(=O)C(=O)N(c3cc(C)ccc3O)C2c2ccc(OC)c(OCC)c2)c1. The third kappa shape index (κ3) is 4.87. The number of Topliss-reactive ketones (excluding diaryl/α,β-unsaturated/α-hetero) is 1. The molecule has 198 valence electrons. The molecule has 2 N–H and O–H groups in total. The van der Waals surface area contributed by atoms with Crippen molar-refractivity contribution >= 4 is 34.7 Å². The summed E-state index contributed by atoms with van der Waals surface area (Å²) in [5.74, 6) is -1.23. The number of carbonyl (C=O) groups is 2. The van der Waals surface area contributed by atoms with Gasteiger partial charge in [0.25, 0.3) is 11.7 Å². The number of amides is 1. The van der Waals surface area contributed by atoms with Gasteiger partial charge in [-0.05, 0) is 74.4 Å². The van der Waals surface area contributed by atoms with Gasteiger partial charge in [-0.15, -0.1) is 0 Å². The van der Waals surface area contributed by atoms with Crippen LogP contribution in [0.5, 0.6) is 23.0 Å². The second-order valence-corrected chi connectivity index (χ2v) is 8.99. The Morgan fingerprint density at radius 3 is 2.39 bits per heavy atom. The third-order valence-electron chi connectivity index (χ3n) is 6.14. The van der Waals surface area contributed by atoms with Crippen LogP contribution in [0.4, 0.5) is 5.69 Å². The third-order valence-corrected chi connectivity index (χ3v) is 6.47. The Kier molecular flexibility index (Phi) is 7.83. The Morgan fingerprint density at radius 2 is 1.71 bits per heavy atom. The Hall–Kier alpha value is -4.17. The van der Waals surface area contributed by atoms with Gasteiger partial charge in [-0.25, -0.2) is 0 Å². The van der Waals surface area contributed by atoms with Gasteiger partial charge in [0.2, 0.25) is 0 Å². The van der Waals surface area contributed by atoms with Gasteiger partial charge < -0.3 is 24.4 Å². The van der Waals surface area contributed by atoms with Gasteiger partial charge in [0.1, 0.15) is 17.3 Å². The zero-order valence-electron chi connectivity index (χ0n) is 21.4. The molecule has 4 rings (SSSR count). The number of nitrogens with zero attached hydrogens (tertiary/aromatic N) is 1. The summed E-state index contributed by atoms with van der Waals surface area (Å²) in [6.07, 6.45) is 0. The molecule has 0 radical (unpaired) electrons. The number of hydrogen-bond donors (Lipinski definition) is 2. The van der Waals surface area contributed by atoms with Crippen LogP contribution in [0.25, 0.3) is 5.76 Å². The number of methoxy groups -OCH3 is 1. The Balaban J connectivity index is 2.01. The number of phenols is 1. The minimum Gasteiger partial charge on any atom is -0.507 e. The number of halogens is 1. The Morgan fingerprint density at radius 1 is 0.974 bits per heavy atom. The largest absolute Gasteiger partial charge is 0.507 e. The number of anilines is 1. The van der Waals surface area contributed by atoms with Crippen LogP contribution in [0.3, 0.4) is 0 Å². The van der Waals surface area contributed by atoms with E-state index >= 15 is 0 Å². The van der Waals surface area contributed by atoms with E-state index in [-0.39, 0.29) is 27.6 Å². The highest BCUT2D eigenvalue weighted by molar-refractivity contribution is 6.52. The van der Waals surface area contributed by atoms with E-state index in [9.17, 15) is 19.8 Å². The lowest BCUT2D eigenvalue weighted by molar-refractivity contribution is -0.132. The van der Waals surface area contributed by atoms with Crippen molar-refractivity contribution in [2.45, 2.75) is 26.8 Å².